The quantitative estimate of drug-likeness (QED) is 0.448. The first-order chi connectivity index (χ1) is 12.1. The zero-order chi connectivity index (χ0) is 18.1. The van der Waals surface area contributed by atoms with Crippen molar-refractivity contribution >= 4 is 12.0 Å². The Morgan fingerprint density at radius 1 is 1.36 bits per heavy atom. The van der Waals surface area contributed by atoms with Gasteiger partial charge in [0.2, 0.25) is 0 Å². The highest BCUT2D eigenvalue weighted by Crippen LogP contribution is 2.28. The Balaban J connectivity index is 2.01. The highest BCUT2D eigenvalue weighted by molar-refractivity contribution is 5.69. The predicted molar refractivity (Wildman–Crippen MR) is 96.6 cm³/mol. The van der Waals surface area contributed by atoms with Crippen LogP contribution in [0, 0.1) is 0 Å². The first-order valence-corrected chi connectivity index (χ1v) is 8.96. The second-order valence-electron chi connectivity index (χ2n) is 5.90. The van der Waals surface area contributed by atoms with E-state index in [-0.39, 0.29) is 18.2 Å². The molecule has 1 fully saturated rings. The molecule has 0 bridgehead atoms. The summed E-state index contributed by atoms with van der Waals surface area (Å²) in [5.41, 5.74) is 2.13. The van der Waals surface area contributed by atoms with E-state index in [0.29, 0.717) is 32.7 Å². The molecule has 0 aromatic heterocycles. The molecular formula is C20H28O5. The molecule has 5 heteroatoms. The van der Waals surface area contributed by atoms with E-state index in [1.165, 1.54) is 0 Å². The minimum Gasteiger partial charge on any atom is -0.494 e. The highest BCUT2D eigenvalue weighted by atomic mass is 16.6. The minimum absolute atomic E-state index is 0.0608. The van der Waals surface area contributed by atoms with Crippen molar-refractivity contribution < 1.29 is 23.7 Å². The number of carbonyl (C=O) groups excluding carboxylic acids is 1. The lowest BCUT2D eigenvalue weighted by Gasteiger charge is -2.17. The van der Waals surface area contributed by atoms with Crippen molar-refractivity contribution in [1.82, 2.24) is 0 Å². The molecule has 0 spiro atoms. The largest absolute Gasteiger partial charge is 0.494 e. The maximum Gasteiger partial charge on any atom is 0.306 e. The van der Waals surface area contributed by atoms with Crippen molar-refractivity contribution in [3.05, 3.63) is 35.4 Å². The topological polar surface area (TPSA) is 57.3 Å². The fourth-order valence-electron chi connectivity index (χ4n) is 2.46. The van der Waals surface area contributed by atoms with Gasteiger partial charge >= 0.3 is 5.97 Å². The van der Waals surface area contributed by atoms with Gasteiger partial charge in [0.05, 0.1) is 32.5 Å². The van der Waals surface area contributed by atoms with E-state index in [4.69, 9.17) is 18.9 Å². The van der Waals surface area contributed by atoms with Crippen LogP contribution in [0.4, 0.5) is 0 Å². The van der Waals surface area contributed by atoms with Crippen LogP contribution in [0.15, 0.2) is 24.3 Å². The number of esters is 1. The van der Waals surface area contributed by atoms with Crippen molar-refractivity contribution in [2.45, 2.75) is 45.8 Å². The van der Waals surface area contributed by atoms with E-state index < -0.39 is 0 Å². The standard InChI is InChI=1S/C20H28O5/c1-4-22-17-11-10-16(8-6-7-9-20(21)23-5-2)19(12-17)15(3)24-13-18-14-25-18/h6,8,10-12,15,18H,4-5,7,9,13-14H2,1-3H3/b8-6+/t15?,18-/m0/s1. The van der Waals surface area contributed by atoms with Crippen LogP contribution in [0.5, 0.6) is 5.75 Å². The maximum absolute atomic E-state index is 11.4. The first kappa shape index (κ1) is 19.5. The summed E-state index contributed by atoms with van der Waals surface area (Å²) in [4.78, 5) is 11.4. The number of benzene rings is 1. The minimum atomic E-state index is -0.166. The Labute approximate surface area is 149 Å². The number of hydrogen-bond donors (Lipinski definition) is 0. The van der Waals surface area contributed by atoms with Crippen LogP contribution in [-0.2, 0) is 19.0 Å². The van der Waals surface area contributed by atoms with Gasteiger partial charge in [-0.2, -0.15) is 0 Å². The summed E-state index contributed by atoms with van der Waals surface area (Å²) in [6, 6.07) is 6.00. The lowest BCUT2D eigenvalue weighted by atomic mass is 10.0. The number of allylic oxidation sites excluding steroid dienone is 1. The molecule has 1 aliphatic heterocycles. The maximum atomic E-state index is 11.4. The lowest BCUT2D eigenvalue weighted by Crippen LogP contribution is -2.08. The number of epoxide rings is 1. The van der Waals surface area contributed by atoms with Crippen molar-refractivity contribution in [1.29, 1.82) is 0 Å². The summed E-state index contributed by atoms with van der Waals surface area (Å²) >= 11 is 0. The Kier molecular flexibility index (Phi) is 7.95. The number of carbonyl (C=O) groups is 1. The molecule has 2 atom stereocenters. The fraction of sp³-hybridized carbons (Fsp3) is 0.550. The van der Waals surface area contributed by atoms with Crippen LogP contribution in [0.3, 0.4) is 0 Å². The smallest absolute Gasteiger partial charge is 0.306 e. The molecule has 0 saturated carbocycles. The van der Waals surface area contributed by atoms with Gasteiger partial charge in [-0.15, -0.1) is 0 Å². The van der Waals surface area contributed by atoms with Gasteiger partial charge in [-0.3, -0.25) is 4.79 Å². The molecule has 1 aliphatic rings. The molecule has 1 heterocycles. The zero-order valence-corrected chi connectivity index (χ0v) is 15.3. The van der Waals surface area contributed by atoms with Crippen LogP contribution >= 0.6 is 0 Å². The summed E-state index contributed by atoms with van der Waals surface area (Å²) in [6.07, 6.45) is 5.23. The Morgan fingerprint density at radius 2 is 2.16 bits per heavy atom. The van der Waals surface area contributed by atoms with E-state index >= 15 is 0 Å². The molecule has 0 aliphatic carbocycles. The third kappa shape index (κ3) is 6.88. The van der Waals surface area contributed by atoms with E-state index in [1.54, 1.807) is 0 Å². The third-order valence-electron chi connectivity index (χ3n) is 3.86. The fourth-order valence-corrected chi connectivity index (χ4v) is 2.46. The monoisotopic (exact) mass is 348 g/mol. The van der Waals surface area contributed by atoms with Crippen molar-refractivity contribution in [2.24, 2.45) is 0 Å². The second-order valence-corrected chi connectivity index (χ2v) is 5.90. The van der Waals surface area contributed by atoms with Crippen molar-refractivity contribution in [2.75, 3.05) is 26.4 Å². The second kappa shape index (κ2) is 10.2. The molecule has 2 rings (SSSR count). The zero-order valence-electron chi connectivity index (χ0n) is 15.3. The third-order valence-corrected chi connectivity index (χ3v) is 3.86. The molecule has 1 unspecified atom stereocenters. The van der Waals surface area contributed by atoms with E-state index in [0.717, 1.165) is 23.5 Å². The first-order valence-electron chi connectivity index (χ1n) is 8.96. The summed E-state index contributed by atoms with van der Waals surface area (Å²) < 4.78 is 21.7. The highest BCUT2D eigenvalue weighted by Gasteiger charge is 2.24. The van der Waals surface area contributed by atoms with Crippen LogP contribution in [0.2, 0.25) is 0 Å². The van der Waals surface area contributed by atoms with Crippen molar-refractivity contribution in [3.63, 3.8) is 0 Å². The van der Waals surface area contributed by atoms with Crippen molar-refractivity contribution in [3.8, 4) is 5.75 Å². The van der Waals surface area contributed by atoms with Crippen LogP contribution < -0.4 is 4.74 Å². The molecular weight excluding hydrogens is 320 g/mol. The molecule has 0 radical (unpaired) electrons. The molecule has 1 aromatic rings. The normalized spacial score (nSPS) is 17.5. The Hall–Kier alpha value is -1.85. The molecule has 5 nitrogen and oxygen atoms in total. The van der Waals surface area contributed by atoms with Gasteiger partial charge in [0.1, 0.15) is 11.9 Å². The summed E-state index contributed by atoms with van der Waals surface area (Å²) in [5.74, 6) is 0.666. The van der Waals surface area contributed by atoms with Gasteiger partial charge in [-0.1, -0.05) is 18.2 Å². The summed E-state index contributed by atoms with van der Waals surface area (Å²) in [5, 5.41) is 0. The molecule has 1 saturated heterocycles. The van der Waals surface area contributed by atoms with Gasteiger partial charge in [-0.05, 0) is 50.5 Å². The average Bonchev–Trinajstić information content (AvgIpc) is 3.42. The van der Waals surface area contributed by atoms with Crippen LogP contribution in [-0.4, -0.2) is 38.5 Å². The lowest BCUT2D eigenvalue weighted by molar-refractivity contribution is -0.142. The van der Waals surface area contributed by atoms with Gasteiger partial charge in [0.15, 0.2) is 0 Å². The van der Waals surface area contributed by atoms with Crippen LogP contribution in [0.25, 0.3) is 6.08 Å². The summed E-state index contributed by atoms with van der Waals surface area (Å²) in [7, 11) is 0. The number of hydrogen-bond acceptors (Lipinski definition) is 5. The number of ether oxygens (including phenoxy) is 4. The SMILES string of the molecule is CCOC(=O)CC/C=C/c1ccc(OCC)cc1C(C)OC[C@H]1CO1. The molecule has 1 aromatic carbocycles. The van der Waals surface area contributed by atoms with Gasteiger partial charge in [0.25, 0.3) is 0 Å². The van der Waals surface area contributed by atoms with Gasteiger partial charge in [-0.25, -0.2) is 0 Å². The van der Waals surface area contributed by atoms with Gasteiger partial charge in [0, 0.05) is 6.42 Å². The molecule has 138 valence electrons. The Morgan fingerprint density at radius 3 is 2.84 bits per heavy atom. The average molecular weight is 348 g/mol. The molecule has 0 N–H and O–H groups in total. The van der Waals surface area contributed by atoms with E-state index in [2.05, 4.69) is 0 Å². The van der Waals surface area contributed by atoms with Gasteiger partial charge < -0.3 is 18.9 Å². The van der Waals surface area contributed by atoms with E-state index in [1.807, 2.05) is 51.1 Å². The predicted octanol–water partition coefficient (Wildman–Crippen LogP) is 3.92. The Bertz CT molecular complexity index is 577. The van der Waals surface area contributed by atoms with Crippen LogP contribution in [0.1, 0.15) is 50.8 Å². The molecule has 25 heavy (non-hydrogen) atoms. The summed E-state index contributed by atoms with van der Waals surface area (Å²) in [6.45, 7) is 8.24. The molecule has 0 amide bonds. The number of rotatable bonds is 11. The van der Waals surface area contributed by atoms with E-state index in [9.17, 15) is 4.79 Å².